The summed E-state index contributed by atoms with van der Waals surface area (Å²) in [6, 6.07) is 20.9. The Morgan fingerprint density at radius 2 is 1.90 bits per heavy atom. The van der Waals surface area contributed by atoms with Crippen molar-refractivity contribution in [2.45, 2.75) is 13.5 Å². The number of carbonyl (C=O) groups excluding carboxylic acids is 1. The van der Waals surface area contributed by atoms with Gasteiger partial charge < -0.3 is 23.5 Å². The summed E-state index contributed by atoms with van der Waals surface area (Å²) < 4.78 is 24.8. The number of imidazole rings is 1. The number of rotatable bonds is 8. The lowest BCUT2D eigenvalue weighted by molar-refractivity contribution is 0.0993. The van der Waals surface area contributed by atoms with E-state index in [4.69, 9.17) is 18.6 Å². The number of hydrogen-bond donors (Lipinski definition) is 0. The molecule has 0 spiro atoms. The Hall–Kier alpha value is -4.83. The van der Waals surface area contributed by atoms with Gasteiger partial charge in [-0.15, -0.1) is 5.10 Å². The Labute approximate surface area is 234 Å². The predicted octanol–water partition coefficient (Wildman–Crippen LogP) is 6.39. The zero-order valence-corrected chi connectivity index (χ0v) is 23.2. The van der Waals surface area contributed by atoms with Gasteiger partial charge in [-0.2, -0.15) is 0 Å². The van der Waals surface area contributed by atoms with Crippen molar-refractivity contribution >= 4 is 38.9 Å². The first-order valence-corrected chi connectivity index (χ1v) is 13.3. The quantitative estimate of drug-likeness (QED) is 0.215. The number of hydrogen-bond acceptors (Lipinski definition) is 8. The van der Waals surface area contributed by atoms with E-state index in [2.05, 4.69) is 10.1 Å². The normalized spacial score (nSPS) is 11.2. The second-order valence-corrected chi connectivity index (χ2v) is 10.2. The molecule has 0 atom stereocenters. The van der Waals surface area contributed by atoms with Crippen molar-refractivity contribution < 1.29 is 23.4 Å². The van der Waals surface area contributed by atoms with Gasteiger partial charge in [-0.25, -0.2) is 9.50 Å². The highest BCUT2D eigenvalue weighted by atomic mass is 32.1. The van der Waals surface area contributed by atoms with Gasteiger partial charge in [0.15, 0.2) is 5.76 Å². The van der Waals surface area contributed by atoms with Gasteiger partial charge >= 0.3 is 0 Å². The first-order valence-electron chi connectivity index (χ1n) is 12.5. The molecule has 9 nitrogen and oxygen atoms in total. The first kappa shape index (κ1) is 25.4. The molecule has 0 radical (unpaired) electrons. The third-order valence-corrected chi connectivity index (χ3v) is 7.41. The van der Waals surface area contributed by atoms with E-state index in [-0.39, 0.29) is 12.5 Å². The van der Waals surface area contributed by atoms with Crippen LogP contribution in [0, 0.1) is 6.92 Å². The van der Waals surface area contributed by atoms with Gasteiger partial charge in [-0.1, -0.05) is 29.8 Å². The van der Waals surface area contributed by atoms with E-state index in [1.807, 2.05) is 73.7 Å². The zero-order valence-electron chi connectivity index (χ0n) is 22.4. The van der Waals surface area contributed by atoms with Crippen molar-refractivity contribution in [3.63, 3.8) is 0 Å². The first-order chi connectivity index (χ1) is 19.4. The number of anilines is 1. The molecule has 10 heteroatoms. The fourth-order valence-electron chi connectivity index (χ4n) is 4.43. The number of aryl methyl sites for hydroxylation is 1. The van der Waals surface area contributed by atoms with Crippen molar-refractivity contribution in [2.24, 2.45) is 0 Å². The highest BCUT2D eigenvalue weighted by Crippen LogP contribution is 2.37. The Kier molecular flexibility index (Phi) is 6.61. The van der Waals surface area contributed by atoms with Gasteiger partial charge in [0.1, 0.15) is 29.4 Å². The highest BCUT2D eigenvalue weighted by molar-refractivity contribution is 7.18. The standard InChI is InChI=1S/C30H26N4O5S/c1-18-7-5-9-20(11-18)28(35)33(2)21-10-6-8-19(12-21)17-38-25-13-22(36-3)14-26-23(25)15-27(39-26)24-16-34-29(31-24)40-30(32-34)37-4/h5-16H,17H2,1-4H3. The number of nitrogens with zero attached hydrogens (tertiary/aromatic N) is 4. The van der Waals surface area contributed by atoms with Crippen LogP contribution in [-0.2, 0) is 6.61 Å². The SMILES string of the molecule is COc1cc(OCc2cccc(N(C)C(=O)c3cccc(C)c3)c2)c2cc(-c3cn4nc(OC)sc4n3)oc2c1. The number of amides is 1. The van der Waals surface area contributed by atoms with Gasteiger partial charge in [0.2, 0.25) is 4.96 Å². The van der Waals surface area contributed by atoms with E-state index >= 15 is 0 Å². The van der Waals surface area contributed by atoms with E-state index in [1.165, 1.54) is 11.3 Å². The largest absolute Gasteiger partial charge is 0.496 e. The minimum atomic E-state index is -0.0741. The van der Waals surface area contributed by atoms with E-state index in [0.717, 1.165) is 22.2 Å². The minimum Gasteiger partial charge on any atom is -0.496 e. The summed E-state index contributed by atoms with van der Waals surface area (Å²) in [4.78, 5) is 20.0. The molecule has 0 fully saturated rings. The number of furan rings is 1. The summed E-state index contributed by atoms with van der Waals surface area (Å²) in [7, 11) is 4.95. The summed E-state index contributed by atoms with van der Waals surface area (Å²) in [5.74, 6) is 1.73. The van der Waals surface area contributed by atoms with Crippen LogP contribution in [-0.4, -0.2) is 41.8 Å². The van der Waals surface area contributed by atoms with Crippen LogP contribution in [0.3, 0.4) is 0 Å². The number of fused-ring (bicyclic) bond motifs is 2. The highest BCUT2D eigenvalue weighted by Gasteiger charge is 2.18. The maximum Gasteiger partial charge on any atom is 0.294 e. The van der Waals surface area contributed by atoms with Crippen molar-refractivity contribution in [1.82, 2.24) is 14.6 Å². The Morgan fingerprint density at radius 1 is 1.05 bits per heavy atom. The monoisotopic (exact) mass is 554 g/mol. The van der Waals surface area contributed by atoms with Crippen LogP contribution in [0.4, 0.5) is 5.69 Å². The fourth-order valence-corrected chi connectivity index (χ4v) is 5.13. The Morgan fingerprint density at radius 3 is 2.67 bits per heavy atom. The van der Waals surface area contributed by atoms with Crippen molar-refractivity contribution in [3.05, 3.63) is 89.6 Å². The molecule has 3 aromatic carbocycles. The van der Waals surface area contributed by atoms with E-state index < -0.39 is 0 Å². The summed E-state index contributed by atoms with van der Waals surface area (Å²) in [5.41, 5.74) is 4.64. The van der Waals surface area contributed by atoms with E-state index in [0.29, 0.717) is 44.3 Å². The lowest BCUT2D eigenvalue weighted by Crippen LogP contribution is -2.26. The third kappa shape index (κ3) is 4.85. The zero-order chi connectivity index (χ0) is 27.8. The van der Waals surface area contributed by atoms with Gasteiger partial charge in [0.25, 0.3) is 11.1 Å². The number of methoxy groups -OCH3 is 2. The van der Waals surface area contributed by atoms with Crippen LogP contribution >= 0.6 is 11.3 Å². The van der Waals surface area contributed by atoms with Gasteiger partial charge in [-0.05, 0) is 54.2 Å². The molecule has 3 heterocycles. The predicted molar refractivity (Wildman–Crippen MR) is 154 cm³/mol. The average molecular weight is 555 g/mol. The summed E-state index contributed by atoms with van der Waals surface area (Å²) in [5, 5.41) is 5.66. The van der Waals surface area contributed by atoms with Gasteiger partial charge in [0, 0.05) is 30.4 Å². The summed E-state index contributed by atoms with van der Waals surface area (Å²) in [6.45, 7) is 2.26. The Bertz CT molecular complexity index is 1820. The molecule has 0 aliphatic carbocycles. The minimum absolute atomic E-state index is 0.0741. The van der Waals surface area contributed by atoms with Crippen molar-refractivity contribution in [2.75, 3.05) is 26.2 Å². The molecule has 0 N–H and O–H groups in total. The molecule has 0 aliphatic heterocycles. The van der Waals surface area contributed by atoms with Gasteiger partial charge in [0.05, 0.1) is 25.8 Å². The van der Waals surface area contributed by atoms with Crippen LogP contribution in [0.25, 0.3) is 27.4 Å². The number of aromatic nitrogens is 3. The van der Waals surface area contributed by atoms with Crippen LogP contribution in [0.15, 0.2) is 77.3 Å². The maximum atomic E-state index is 13.1. The molecule has 0 unspecified atom stereocenters. The van der Waals surface area contributed by atoms with E-state index in [1.54, 1.807) is 36.9 Å². The second kappa shape index (κ2) is 10.4. The van der Waals surface area contributed by atoms with Crippen molar-refractivity contribution in [3.8, 4) is 28.1 Å². The lowest BCUT2D eigenvalue weighted by atomic mass is 10.1. The Balaban J connectivity index is 1.25. The number of ether oxygens (including phenoxy) is 3. The van der Waals surface area contributed by atoms with Gasteiger partial charge in [-0.3, -0.25) is 4.79 Å². The second-order valence-electron chi connectivity index (χ2n) is 9.27. The topological polar surface area (TPSA) is 91.3 Å². The molecule has 0 saturated carbocycles. The van der Waals surface area contributed by atoms with Crippen LogP contribution in [0.5, 0.6) is 16.7 Å². The molecule has 3 aromatic heterocycles. The molecule has 40 heavy (non-hydrogen) atoms. The molecule has 202 valence electrons. The molecular weight excluding hydrogens is 528 g/mol. The molecule has 6 aromatic rings. The van der Waals surface area contributed by atoms with Crippen LogP contribution in [0.2, 0.25) is 0 Å². The lowest BCUT2D eigenvalue weighted by Gasteiger charge is -2.19. The molecule has 0 saturated heterocycles. The summed E-state index contributed by atoms with van der Waals surface area (Å²) in [6.07, 6.45) is 1.80. The molecule has 0 aliphatic rings. The van der Waals surface area contributed by atoms with Crippen LogP contribution < -0.4 is 19.1 Å². The van der Waals surface area contributed by atoms with Crippen molar-refractivity contribution in [1.29, 1.82) is 0 Å². The smallest absolute Gasteiger partial charge is 0.294 e. The van der Waals surface area contributed by atoms with Crippen LogP contribution in [0.1, 0.15) is 21.5 Å². The fraction of sp³-hybridized carbons (Fsp3) is 0.167. The average Bonchev–Trinajstić information content (AvgIpc) is 3.68. The maximum absolute atomic E-state index is 13.1. The third-order valence-electron chi connectivity index (χ3n) is 6.52. The molecule has 6 rings (SSSR count). The molecule has 1 amide bonds. The molecular formula is C30H26N4O5S. The van der Waals surface area contributed by atoms with E-state index in [9.17, 15) is 4.79 Å². The summed E-state index contributed by atoms with van der Waals surface area (Å²) >= 11 is 1.35. The number of carbonyl (C=O) groups is 1. The number of benzene rings is 3. The molecule has 0 bridgehead atoms.